The van der Waals surface area contributed by atoms with Gasteiger partial charge in [-0.05, 0) is 19.1 Å². The third-order valence-corrected chi connectivity index (χ3v) is 4.00. The van der Waals surface area contributed by atoms with Gasteiger partial charge in [0.15, 0.2) is 0 Å². The number of nitriles is 1. The summed E-state index contributed by atoms with van der Waals surface area (Å²) >= 11 is 0. The molecule has 0 aliphatic carbocycles. The van der Waals surface area contributed by atoms with Gasteiger partial charge in [0.05, 0.1) is 23.3 Å². The lowest BCUT2D eigenvalue weighted by Crippen LogP contribution is -2.24. The molecule has 1 saturated heterocycles. The van der Waals surface area contributed by atoms with Crippen molar-refractivity contribution in [1.29, 1.82) is 5.26 Å². The lowest BCUT2D eigenvalue weighted by atomic mass is 10.0. The number of hydrogen-bond donors (Lipinski definition) is 0. The minimum absolute atomic E-state index is 0.00514. The first kappa shape index (κ1) is 14.5. The van der Waals surface area contributed by atoms with Crippen LogP contribution in [0.2, 0.25) is 0 Å². The number of aryl methyl sites for hydroxylation is 2. The van der Waals surface area contributed by atoms with Crippen LogP contribution in [-0.4, -0.2) is 46.3 Å². The summed E-state index contributed by atoms with van der Waals surface area (Å²) in [7, 11) is 3.55. The monoisotopic (exact) mass is 298 g/mol. The van der Waals surface area contributed by atoms with E-state index in [-0.39, 0.29) is 12.0 Å². The Morgan fingerprint density at radius 3 is 2.82 bits per heavy atom. The number of aromatic nitrogens is 4. The van der Waals surface area contributed by atoms with E-state index in [4.69, 9.17) is 4.74 Å². The smallest absolute Gasteiger partial charge is 0.146 e. The molecule has 0 unspecified atom stereocenters. The predicted molar refractivity (Wildman–Crippen MR) is 80.4 cm³/mol. The van der Waals surface area contributed by atoms with Crippen molar-refractivity contribution < 1.29 is 4.74 Å². The van der Waals surface area contributed by atoms with Gasteiger partial charge in [-0.15, -0.1) is 5.10 Å². The Hall–Kier alpha value is -2.46. The summed E-state index contributed by atoms with van der Waals surface area (Å²) in [5.74, 6) is 0.837. The molecule has 2 atom stereocenters. The van der Waals surface area contributed by atoms with Gasteiger partial charge in [-0.25, -0.2) is 4.98 Å². The minimum Gasteiger partial charge on any atom is -0.379 e. The molecule has 0 bridgehead atoms. The van der Waals surface area contributed by atoms with Crippen molar-refractivity contribution in [3.8, 4) is 6.07 Å². The van der Waals surface area contributed by atoms with Gasteiger partial charge in [-0.2, -0.15) is 5.26 Å². The zero-order valence-electron chi connectivity index (χ0n) is 12.9. The molecule has 1 aliphatic heterocycles. The first-order valence-corrected chi connectivity index (χ1v) is 7.14. The van der Waals surface area contributed by atoms with Crippen molar-refractivity contribution in [2.75, 3.05) is 25.1 Å². The predicted octanol–water partition coefficient (Wildman–Crippen LogP) is 1.01. The number of hydrogen-bond acceptors (Lipinski definition) is 6. The maximum atomic E-state index is 9.31. The Labute approximate surface area is 129 Å². The topological polar surface area (TPSA) is 79.9 Å². The molecule has 22 heavy (non-hydrogen) atoms. The molecule has 0 amide bonds. The Bertz CT molecular complexity index is 719. The fourth-order valence-electron chi connectivity index (χ4n) is 2.88. The van der Waals surface area contributed by atoms with Crippen LogP contribution in [0.3, 0.4) is 0 Å². The van der Waals surface area contributed by atoms with E-state index in [9.17, 15) is 5.26 Å². The molecule has 114 valence electrons. The molecule has 7 heteroatoms. The molecule has 3 heterocycles. The number of nitrogens with zero attached hydrogens (tertiary/aromatic N) is 6. The maximum absolute atomic E-state index is 9.31. The highest BCUT2D eigenvalue weighted by molar-refractivity contribution is 5.55. The number of anilines is 1. The summed E-state index contributed by atoms with van der Waals surface area (Å²) in [6.07, 6.45) is 1.92. The summed E-state index contributed by atoms with van der Waals surface area (Å²) in [5, 5.41) is 17.5. The highest BCUT2D eigenvalue weighted by Gasteiger charge is 2.37. The van der Waals surface area contributed by atoms with E-state index >= 15 is 0 Å². The normalized spacial score (nSPS) is 21.1. The van der Waals surface area contributed by atoms with Gasteiger partial charge in [0.2, 0.25) is 0 Å². The van der Waals surface area contributed by atoms with Crippen LogP contribution in [-0.2, 0) is 11.8 Å². The zero-order valence-corrected chi connectivity index (χ0v) is 12.9. The summed E-state index contributed by atoms with van der Waals surface area (Å²) < 4.78 is 7.30. The third kappa shape index (κ3) is 2.53. The molecule has 0 saturated carbocycles. The van der Waals surface area contributed by atoms with E-state index in [1.165, 1.54) is 0 Å². The quantitative estimate of drug-likeness (QED) is 0.841. The molecule has 0 N–H and O–H groups in total. The van der Waals surface area contributed by atoms with E-state index < -0.39 is 0 Å². The van der Waals surface area contributed by atoms with Crippen LogP contribution in [0.1, 0.15) is 22.9 Å². The molecular formula is C15H18N6O. The largest absolute Gasteiger partial charge is 0.379 e. The van der Waals surface area contributed by atoms with Gasteiger partial charge < -0.3 is 9.64 Å². The molecule has 0 radical (unpaired) electrons. The van der Waals surface area contributed by atoms with Gasteiger partial charge in [0.1, 0.15) is 11.9 Å². The van der Waals surface area contributed by atoms with Crippen LogP contribution in [0.15, 0.2) is 18.3 Å². The first-order chi connectivity index (χ1) is 10.6. The van der Waals surface area contributed by atoms with Gasteiger partial charge in [0.25, 0.3) is 0 Å². The average Bonchev–Trinajstić information content (AvgIpc) is 3.12. The molecule has 1 aliphatic rings. The summed E-state index contributed by atoms with van der Waals surface area (Å²) in [6, 6.07) is 5.88. The molecule has 0 spiro atoms. The number of pyridine rings is 1. The molecule has 0 aromatic carbocycles. The zero-order chi connectivity index (χ0) is 15.7. The molecule has 1 fully saturated rings. The fraction of sp³-hybridized carbons (Fsp3) is 0.467. The third-order valence-electron chi connectivity index (χ3n) is 4.00. The number of methoxy groups -OCH3 is 1. The van der Waals surface area contributed by atoms with E-state index in [1.54, 1.807) is 11.8 Å². The number of ether oxygens (including phenoxy) is 1. The second-order valence-electron chi connectivity index (χ2n) is 5.54. The number of rotatable bonds is 3. The van der Waals surface area contributed by atoms with Crippen LogP contribution < -0.4 is 4.90 Å². The first-order valence-electron chi connectivity index (χ1n) is 7.14. The van der Waals surface area contributed by atoms with E-state index in [1.807, 2.05) is 32.3 Å². The average molecular weight is 298 g/mol. The Morgan fingerprint density at radius 1 is 1.36 bits per heavy atom. The van der Waals surface area contributed by atoms with Gasteiger partial charge >= 0.3 is 0 Å². The summed E-state index contributed by atoms with van der Waals surface area (Å²) in [6.45, 7) is 3.32. The Kier molecular flexibility index (Phi) is 3.77. The van der Waals surface area contributed by atoms with Crippen LogP contribution >= 0.6 is 0 Å². The van der Waals surface area contributed by atoms with Crippen molar-refractivity contribution in [2.24, 2.45) is 7.05 Å². The van der Waals surface area contributed by atoms with Crippen molar-refractivity contribution in [2.45, 2.75) is 18.9 Å². The second kappa shape index (κ2) is 5.73. The van der Waals surface area contributed by atoms with Crippen molar-refractivity contribution in [1.82, 2.24) is 20.0 Å². The van der Waals surface area contributed by atoms with Crippen LogP contribution in [0.4, 0.5) is 5.82 Å². The standard InChI is InChI=1S/C15H18N6O/c1-10-4-5-11(6-16)15(17-10)21-7-12(14(9-21)22-3)13-8-20(2)19-18-13/h4-5,8,12,14H,7,9H2,1-3H3/t12-,14+/m0/s1. The fourth-order valence-corrected chi connectivity index (χ4v) is 2.88. The Balaban J connectivity index is 1.92. The molecule has 3 rings (SSSR count). The second-order valence-corrected chi connectivity index (χ2v) is 5.54. The SMILES string of the molecule is CO[C@@H]1CN(c2nc(C)ccc2C#N)C[C@H]1c1cn(C)nn1. The van der Waals surface area contributed by atoms with Crippen molar-refractivity contribution in [3.05, 3.63) is 35.3 Å². The lowest BCUT2D eigenvalue weighted by molar-refractivity contribution is 0.105. The van der Waals surface area contributed by atoms with Gasteiger partial charge in [0, 0.05) is 39.1 Å². The highest BCUT2D eigenvalue weighted by Crippen LogP contribution is 2.32. The Morgan fingerprint density at radius 2 is 2.18 bits per heavy atom. The maximum Gasteiger partial charge on any atom is 0.146 e. The van der Waals surface area contributed by atoms with E-state index in [0.717, 1.165) is 17.2 Å². The molecule has 2 aromatic heterocycles. The summed E-state index contributed by atoms with van der Waals surface area (Å²) in [5.41, 5.74) is 2.38. The summed E-state index contributed by atoms with van der Waals surface area (Å²) in [4.78, 5) is 6.63. The van der Waals surface area contributed by atoms with Crippen LogP contribution in [0, 0.1) is 18.3 Å². The highest BCUT2D eigenvalue weighted by atomic mass is 16.5. The van der Waals surface area contributed by atoms with E-state index in [0.29, 0.717) is 18.7 Å². The lowest BCUT2D eigenvalue weighted by Gasteiger charge is -2.18. The molecular weight excluding hydrogens is 280 g/mol. The van der Waals surface area contributed by atoms with Crippen molar-refractivity contribution in [3.63, 3.8) is 0 Å². The van der Waals surface area contributed by atoms with Gasteiger partial charge in [-0.3, -0.25) is 4.68 Å². The van der Waals surface area contributed by atoms with Gasteiger partial charge in [-0.1, -0.05) is 5.21 Å². The molecule has 7 nitrogen and oxygen atoms in total. The van der Waals surface area contributed by atoms with Crippen LogP contribution in [0.25, 0.3) is 0 Å². The van der Waals surface area contributed by atoms with E-state index in [2.05, 4.69) is 26.3 Å². The van der Waals surface area contributed by atoms with Crippen LogP contribution in [0.5, 0.6) is 0 Å². The minimum atomic E-state index is 0.00514. The van der Waals surface area contributed by atoms with Crippen molar-refractivity contribution >= 4 is 5.82 Å². The molecule has 2 aromatic rings.